The second-order valence-electron chi connectivity index (χ2n) is 15.9. The molecule has 3 saturated carbocycles. The fourth-order valence-corrected chi connectivity index (χ4v) is 9.70. The molecule has 1 aromatic heterocycles. The third-order valence-electron chi connectivity index (χ3n) is 12.1. The van der Waals surface area contributed by atoms with Gasteiger partial charge in [-0.2, -0.15) is 5.10 Å². The number of methoxy groups -OCH3 is 1. The van der Waals surface area contributed by atoms with Crippen LogP contribution in [0.25, 0.3) is 21.9 Å². The molecule has 3 N–H and O–H groups in total. The first kappa shape index (κ1) is 38.6. The van der Waals surface area contributed by atoms with E-state index < -0.39 is 74.2 Å². The molecule has 3 heterocycles. The number of hydrogen-bond acceptors (Lipinski definition) is 10. The van der Waals surface area contributed by atoms with Crippen LogP contribution in [-0.2, 0) is 29.1 Å². The average molecular weight is 801 g/mol. The third kappa shape index (κ3) is 7.75. The fourth-order valence-electron chi connectivity index (χ4n) is 8.33. The number of sulfonamides is 1. The second-order valence-corrected chi connectivity index (χ2v) is 17.9. The quantitative estimate of drug-likeness (QED) is 0.282. The Balaban J connectivity index is 1.13. The normalized spacial score (nSPS) is 27.4. The summed E-state index contributed by atoms with van der Waals surface area (Å²) in [5.74, 6) is -2.46. The van der Waals surface area contributed by atoms with Gasteiger partial charge in [0, 0.05) is 18.9 Å². The molecule has 2 aliphatic heterocycles. The summed E-state index contributed by atoms with van der Waals surface area (Å²) in [4.78, 5) is 71.5. The number of ether oxygens (including phenoxy) is 2. The Hall–Kier alpha value is -5.25. The number of alkyl carbamates (subject to hydrolysis) is 1. The number of aromatic nitrogens is 2. The van der Waals surface area contributed by atoms with Crippen molar-refractivity contribution in [2.45, 2.75) is 112 Å². The van der Waals surface area contributed by atoms with Gasteiger partial charge in [-0.3, -0.25) is 23.9 Å². The average Bonchev–Trinajstić information content (AvgIpc) is 4.11. The van der Waals surface area contributed by atoms with E-state index in [1.807, 2.05) is 54.6 Å². The maximum atomic E-state index is 14.6. The van der Waals surface area contributed by atoms with Crippen molar-refractivity contribution in [1.29, 1.82) is 0 Å². The van der Waals surface area contributed by atoms with E-state index >= 15 is 0 Å². The number of nitrogens with zero attached hydrogens (tertiary/aromatic N) is 3. The van der Waals surface area contributed by atoms with Gasteiger partial charge in [-0.1, -0.05) is 67.5 Å². The highest BCUT2D eigenvalue weighted by molar-refractivity contribution is 7.91. The first-order chi connectivity index (χ1) is 27.5. The number of hydrogen-bond donors (Lipinski definition) is 3. The van der Waals surface area contributed by atoms with Crippen LogP contribution in [0.5, 0.6) is 5.75 Å². The summed E-state index contributed by atoms with van der Waals surface area (Å²) in [5, 5.41) is 11.4. The van der Waals surface area contributed by atoms with Crippen molar-refractivity contribution in [3.63, 3.8) is 0 Å². The molecule has 3 aliphatic carbocycles. The van der Waals surface area contributed by atoms with E-state index in [-0.39, 0.29) is 37.7 Å². The van der Waals surface area contributed by atoms with Gasteiger partial charge in [-0.15, -0.1) is 0 Å². The zero-order valence-electron chi connectivity index (χ0n) is 31.9. The molecule has 1 saturated heterocycles. The Bertz CT molecular complexity index is 2280. The Kier molecular flexibility index (Phi) is 10.6. The molecule has 4 fully saturated rings. The summed E-state index contributed by atoms with van der Waals surface area (Å²) >= 11 is 0. The van der Waals surface area contributed by atoms with Crippen LogP contribution < -0.4 is 25.7 Å². The SMILES string of the molecule is COc1c(-c2cccc3ccccc23)cnn(C2C[C@H]3C(=O)NC4(C(=O)NS(=O)(=O)C5CC5)C[C@H]4/C=C\CCCCC[C@H](NC(=O)OC4CCC4)C(=O)N3C2)c1=O. The molecule has 4 amide bonds. The maximum Gasteiger partial charge on any atom is 0.408 e. The number of benzene rings is 2. The fraction of sp³-hybridized carbons (Fsp3) is 0.512. The summed E-state index contributed by atoms with van der Waals surface area (Å²) in [6.45, 7) is -0.116. The van der Waals surface area contributed by atoms with Gasteiger partial charge < -0.3 is 25.0 Å². The minimum atomic E-state index is -3.92. The van der Waals surface area contributed by atoms with Gasteiger partial charge in [-0.05, 0) is 74.1 Å². The lowest BCUT2D eigenvalue weighted by Gasteiger charge is -2.31. The molecule has 0 spiro atoms. The molecular formula is C41H48N6O9S. The van der Waals surface area contributed by atoms with E-state index in [1.54, 1.807) is 6.20 Å². The van der Waals surface area contributed by atoms with Crippen molar-refractivity contribution in [2.24, 2.45) is 5.92 Å². The molecule has 3 aromatic rings. The molecule has 0 radical (unpaired) electrons. The molecule has 15 nitrogen and oxygen atoms in total. The summed E-state index contributed by atoms with van der Waals surface area (Å²) < 4.78 is 40.5. The predicted molar refractivity (Wildman–Crippen MR) is 209 cm³/mol. The Labute approximate surface area is 330 Å². The first-order valence-electron chi connectivity index (χ1n) is 20.0. The minimum absolute atomic E-state index is 0.0416. The molecule has 2 aromatic carbocycles. The first-order valence-corrected chi connectivity index (χ1v) is 21.5. The van der Waals surface area contributed by atoms with Crippen LogP contribution in [0.4, 0.5) is 4.79 Å². The number of carbonyl (C=O) groups excluding carboxylic acids is 4. The van der Waals surface area contributed by atoms with Crippen LogP contribution in [0.3, 0.4) is 0 Å². The van der Waals surface area contributed by atoms with Crippen molar-refractivity contribution in [3.8, 4) is 16.9 Å². The van der Waals surface area contributed by atoms with Crippen LogP contribution >= 0.6 is 0 Å². The number of carbonyl (C=O) groups is 4. The number of nitrogens with one attached hydrogen (secondary N) is 3. The van der Waals surface area contributed by atoms with Gasteiger partial charge in [0.2, 0.25) is 21.8 Å². The Morgan fingerprint density at radius 3 is 2.49 bits per heavy atom. The number of rotatable bonds is 8. The summed E-state index contributed by atoms with van der Waals surface area (Å²) in [7, 11) is -2.52. The van der Waals surface area contributed by atoms with Gasteiger partial charge in [0.15, 0.2) is 5.75 Å². The standard InChI is InChI=1S/C41H48N6O9S/c1-55-35-32(31-17-9-12-25-11-7-8-16-30(25)31)23-42-47(38(35)50)27-21-34-36(48)44-41(39(51)45-57(53,54)29-19-20-29)22-26(41)13-5-3-2-4-6-18-33(37(49)46(34)24-27)43-40(52)56-28-14-10-15-28/h5,7-9,11-13,16-17,23,26-29,33-34H,2-4,6,10,14-15,18-22,24H2,1H3,(H,43,52)(H,44,48)(H,45,51)/b13-5-/t26-,27?,33+,34+,41?/m1/s1. The summed E-state index contributed by atoms with van der Waals surface area (Å²) in [6.07, 6.45) is 11.0. The molecule has 5 aliphatic rings. The van der Waals surface area contributed by atoms with Crippen molar-refractivity contribution in [3.05, 3.63) is 71.2 Å². The van der Waals surface area contributed by atoms with Crippen LogP contribution in [0, 0.1) is 5.92 Å². The van der Waals surface area contributed by atoms with Crippen molar-refractivity contribution >= 4 is 44.6 Å². The summed E-state index contributed by atoms with van der Waals surface area (Å²) in [5.41, 5.74) is -0.881. The molecule has 8 rings (SSSR count). The Morgan fingerprint density at radius 1 is 0.947 bits per heavy atom. The highest BCUT2D eigenvalue weighted by Crippen LogP contribution is 2.46. The minimum Gasteiger partial charge on any atom is -0.491 e. The molecule has 0 bridgehead atoms. The van der Waals surface area contributed by atoms with Crippen LogP contribution in [0.15, 0.2) is 65.6 Å². The van der Waals surface area contributed by atoms with Gasteiger partial charge in [0.05, 0.1) is 30.2 Å². The molecule has 16 heteroatoms. The van der Waals surface area contributed by atoms with Gasteiger partial charge >= 0.3 is 11.7 Å². The van der Waals surface area contributed by atoms with Gasteiger partial charge in [0.25, 0.3) is 5.91 Å². The second kappa shape index (κ2) is 15.6. The van der Waals surface area contributed by atoms with E-state index in [1.165, 1.54) is 16.7 Å². The van der Waals surface area contributed by atoms with Crippen molar-refractivity contribution < 1.29 is 37.1 Å². The van der Waals surface area contributed by atoms with E-state index in [4.69, 9.17) is 9.47 Å². The van der Waals surface area contributed by atoms with Crippen LogP contribution in [0.1, 0.15) is 83.1 Å². The third-order valence-corrected chi connectivity index (χ3v) is 13.9. The summed E-state index contributed by atoms with van der Waals surface area (Å²) in [6, 6.07) is 10.4. The number of fused-ring (bicyclic) bond motifs is 3. The lowest BCUT2D eigenvalue weighted by Crippen LogP contribution is -2.58. The largest absolute Gasteiger partial charge is 0.491 e. The van der Waals surface area contributed by atoms with E-state index in [2.05, 4.69) is 20.5 Å². The molecule has 5 atom stereocenters. The van der Waals surface area contributed by atoms with Gasteiger partial charge in [-0.25, -0.2) is 17.9 Å². The highest BCUT2D eigenvalue weighted by atomic mass is 32.2. The van der Waals surface area contributed by atoms with Crippen molar-refractivity contribution in [2.75, 3.05) is 13.7 Å². The lowest BCUT2D eigenvalue weighted by atomic mass is 9.96. The smallest absolute Gasteiger partial charge is 0.408 e. The number of allylic oxidation sites excluding steroid dienone is 1. The van der Waals surface area contributed by atoms with Crippen molar-refractivity contribution in [1.82, 2.24) is 30.0 Å². The maximum absolute atomic E-state index is 14.6. The van der Waals surface area contributed by atoms with E-state index in [0.717, 1.165) is 48.4 Å². The Morgan fingerprint density at radius 2 is 1.74 bits per heavy atom. The predicted octanol–water partition coefficient (Wildman–Crippen LogP) is 3.87. The molecule has 57 heavy (non-hydrogen) atoms. The zero-order valence-corrected chi connectivity index (χ0v) is 32.7. The topological polar surface area (TPSA) is 195 Å². The monoisotopic (exact) mass is 800 g/mol. The highest BCUT2D eigenvalue weighted by Gasteiger charge is 2.62. The molecule has 302 valence electrons. The van der Waals surface area contributed by atoms with Crippen LogP contribution in [-0.4, -0.2) is 89.5 Å². The number of amides is 4. The van der Waals surface area contributed by atoms with Crippen LogP contribution in [0.2, 0.25) is 0 Å². The zero-order chi connectivity index (χ0) is 39.9. The van der Waals surface area contributed by atoms with E-state index in [9.17, 15) is 32.4 Å². The van der Waals surface area contributed by atoms with Gasteiger partial charge in [0.1, 0.15) is 23.7 Å². The molecule has 2 unspecified atom stereocenters. The van der Waals surface area contributed by atoms with E-state index in [0.29, 0.717) is 31.2 Å². The lowest BCUT2D eigenvalue weighted by molar-refractivity contribution is -0.141. The molecular weight excluding hydrogens is 753 g/mol.